The molecule has 0 fully saturated rings. The zero-order valence-electron chi connectivity index (χ0n) is 9.23. The molecule has 0 atom stereocenters. The largest absolute Gasteiger partial charge is 0.248 e. The lowest BCUT2D eigenvalue weighted by atomic mass is 10.1. The summed E-state index contributed by atoms with van der Waals surface area (Å²) in [5.74, 6) is 0.0909. The second-order valence-electron chi connectivity index (χ2n) is 3.51. The Morgan fingerprint density at radius 3 is 2.94 bits per heavy atom. The molecule has 1 aromatic heterocycles. The molecule has 0 spiro atoms. The number of rotatable bonds is 3. The van der Waals surface area contributed by atoms with Gasteiger partial charge in [0.2, 0.25) is 0 Å². The lowest BCUT2D eigenvalue weighted by Crippen LogP contribution is -1.88. The van der Waals surface area contributed by atoms with Crippen LogP contribution in [0, 0.1) is 17.1 Å². The first kappa shape index (κ1) is 12.9. The number of pyridine rings is 1. The molecule has 0 radical (unpaired) electrons. The van der Waals surface area contributed by atoms with E-state index in [0.717, 1.165) is 10.6 Å². The number of hydrogen-bond donors (Lipinski definition) is 0. The molecule has 1 aromatic carbocycles. The summed E-state index contributed by atoms with van der Waals surface area (Å²) in [6, 6.07) is 9.84. The van der Waals surface area contributed by atoms with Crippen molar-refractivity contribution >= 4 is 23.4 Å². The molecule has 2 aromatic rings. The molecule has 0 amide bonds. The van der Waals surface area contributed by atoms with Crippen LogP contribution in [0.5, 0.6) is 0 Å². The number of benzene rings is 1. The lowest BCUT2D eigenvalue weighted by Gasteiger charge is -2.03. The first-order chi connectivity index (χ1) is 8.70. The van der Waals surface area contributed by atoms with Crippen LogP contribution in [0.3, 0.4) is 0 Å². The van der Waals surface area contributed by atoms with E-state index < -0.39 is 5.82 Å². The molecule has 0 saturated carbocycles. The smallest absolute Gasteiger partial charge is 0.140 e. The molecule has 2 nitrogen and oxygen atoms in total. The lowest BCUT2D eigenvalue weighted by molar-refractivity contribution is 0.623. The van der Waals surface area contributed by atoms with Gasteiger partial charge in [-0.15, -0.1) is 11.8 Å². The van der Waals surface area contributed by atoms with E-state index in [1.54, 1.807) is 30.5 Å². The second kappa shape index (κ2) is 5.85. The number of thioether (sulfide) groups is 1. The first-order valence-electron chi connectivity index (χ1n) is 5.12. The summed E-state index contributed by atoms with van der Waals surface area (Å²) in [5, 5.41) is 10.1. The Kier molecular flexibility index (Phi) is 4.19. The molecule has 5 heteroatoms. The molecular formula is C13H8ClFN2S. The van der Waals surface area contributed by atoms with Gasteiger partial charge in [-0.2, -0.15) is 5.26 Å². The van der Waals surface area contributed by atoms with Gasteiger partial charge in [0.1, 0.15) is 16.9 Å². The normalized spacial score (nSPS) is 10.1. The molecular weight excluding hydrogens is 271 g/mol. The van der Waals surface area contributed by atoms with E-state index in [1.165, 1.54) is 17.8 Å². The van der Waals surface area contributed by atoms with Crippen LogP contribution in [-0.4, -0.2) is 4.98 Å². The van der Waals surface area contributed by atoms with Gasteiger partial charge >= 0.3 is 0 Å². The maximum Gasteiger partial charge on any atom is 0.140 e. The van der Waals surface area contributed by atoms with E-state index in [-0.39, 0.29) is 5.56 Å². The third-order valence-electron chi connectivity index (χ3n) is 2.25. The second-order valence-corrected chi connectivity index (χ2v) is 4.88. The van der Waals surface area contributed by atoms with Gasteiger partial charge in [0.05, 0.1) is 10.6 Å². The van der Waals surface area contributed by atoms with Gasteiger partial charge in [-0.25, -0.2) is 9.37 Å². The Hall–Kier alpha value is -1.57. The average Bonchev–Trinajstić information content (AvgIpc) is 2.39. The highest BCUT2D eigenvalue weighted by molar-refractivity contribution is 7.98. The fourth-order valence-corrected chi connectivity index (χ4v) is 2.49. The molecule has 0 saturated heterocycles. The van der Waals surface area contributed by atoms with Gasteiger partial charge in [-0.1, -0.05) is 17.7 Å². The predicted molar refractivity (Wildman–Crippen MR) is 69.9 cm³/mol. The Labute approximate surface area is 113 Å². The van der Waals surface area contributed by atoms with Crippen LogP contribution in [0.25, 0.3) is 0 Å². The summed E-state index contributed by atoms with van der Waals surface area (Å²) in [6.07, 6.45) is 1.67. The quantitative estimate of drug-likeness (QED) is 0.795. The molecule has 0 unspecified atom stereocenters. The van der Waals surface area contributed by atoms with Gasteiger partial charge in [-0.05, 0) is 29.8 Å². The highest BCUT2D eigenvalue weighted by Gasteiger charge is 2.05. The monoisotopic (exact) mass is 278 g/mol. The van der Waals surface area contributed by atoms with Crippen LogP contribution in [0.1, 0.15) is 11.1 Å². The molecule has 2 rings (SSSR count). The van der Waals surface area contributed by atoms with E-state index in [1.807, 2.05) is 6.07 Å². The predicted octanol–water partition coefficient (Wildman–Crippen LogP) is 4.04. The molecule has 0 bridgehead atoms. The molecule has 1 heterocycles. The Morgan fingerprint density at radius 1 is 1.39 bits per heavy atom. The van der Waals surface area contributed by atoms with Crippen molar-refractivity contribution in [1.82, 2.24) is 4.98 Å². The average molecular weight is 279 g/mol. The molecule has 90 valence electrons. The SMILES string of the molecule is N#Cc1cc(CSc2ncccc2Cl)ccc1F. The topological polar surface area (TPSA) is 36.7 Å². The highest BCUT2D eigenvalue weighted by Crippen LogP contribution is 2.27. The van der Waals surface area contributed by atoms with E-state index in [4.69, 9.17) is 16.9 Å². The van der Waals surface area contributed by atoms with Gasteiger partial charge in [0.15, 0.2) is 0 Å². The van der Waals surface area contributed by atoms with Crippen molar-refractivity contribution < 1.29 is 4.39 Å². The number of aromatic nitrogens is 1. The van der Waals surface area contributed by atoms with Crippen molar-refractivity contribution in [2.45, 2.75) is 10.8 Å². The number of halogens is 2. The van der Waals surface area contributed by atoms with E-state index in [2.05, 4.69) is 4.98 Å². The molecule has 0 aliphatic carbocycles. The molecule has 18 heavy (non-hydrogen) atoms. The zero-order valence-corrected chi connectivity index (χ0v) is 10.8. The van der Waals surface area contributed by atoms with Crippen LogP contribution in [0.2, 0.25) is 5.02 Å². The van der Waals surface area contributed by atoms with Crippen LogP contribution >= 0.6 is 23.4 Å². The Morgan fingerprint density at radius 2 is 2.22 bits per heavy atom. The van der Waals surface area contributed by atoms with E-state index >= 15 is 0 Å². The molecule has 0 aliphatic heterocycles. The van der Waals surface area contributed by atoms with Gasteiger partial charge in [-0.3, -0.25) is 0 Å². The van der Waals surface area contributed by atoms with Crippen molar-refractivity contribution in [3.63, 3.8) is 0 Å². The van der Waals surface area contributed by atoms with Crippen LogP contribution in [0.15, 0.2) is 41.6 Å². The minimum absolute atomic E-state index is 0.0558. The number of hydrogen-bond acceptors (Lipinski definition) is 3. The van der Waals surface area contributed by atoms with Crippen molar-refractivity contribution in [3.05, 3.63) is 58.5 Å². The Bertz CT molecular complexity index is 610. The number of nitrogens with zero attached hydrogens (tertiary/aromatic N) is 2. The molecule has 0 aliphatic rings. The maximum absolute atomic E-state index is 13.1. The standard InChI is InChI=1S/C13H8ClFN2S/c14-11-2-1-5-17-13(11)18-8-9-3-4-12(15)10(6-9)7-16/h1-6H,8H2. The van der Waals surface area contributed by atoms with Crippen LogP contribution < -0.4 is 0 Å². The third kappa shape index (κ3) is 3.00. The summed E-state index contributed by atoms with van der Waals surface area (Å²) < 4.78 is 13.1. The Balaban J connectivity index is 2.12. The van der Waals surface area contributed by atoms with Crippen molar-refractivity contribution in [2.24, 2.45) is 0 Å². The highest BCUT2D eigenvalue weighted by atomic mass is 35.5. The van der Waals surface area contributed by atoms with Gasteiger partial charge in [0, 0.05) is 11.9 Å². The van der Waals surface area contributed by atoms with Crippen molar-refractivity contribution in [3.8, 4) is 6.07 Å². The zero-order chi connectivity index (χ0) is 13.0. The first-order valence-corrected chi connectivity index (χ1v) is 6.49. The summed E-state index contributed by atoms with van der Waals surface area (Å²) in [6.45, 7) is 0. The summed E-state index contributed by atoms with van der Waals surface area (Å²) in [4.78, 5) is 4.15. The number of nitriles is 1. The fourth-order valence-electron chi connectivity index (χ4n) is 1.38. The summed E-state index contributed by atoms with van der Waals surface area (Å²) >= 11 is 7.43. The summed E-state index contributed by atoms with van der Waals surface area (Å²) in [7, 11) is 0. The van der Waals surface area contributed by atoms with E-state index in [0.29, 0.717) is 10.8 Å². The van der Waals surface area contributed by atoms with Crippen LogP contribution in [0.4, 0.5) is 4.39 Å². The minimum Gasteiger partial charge on any atom is -0.248 e. The van der Waals surface area contributed by atoms with Crippen LogP contribution in [-0.2, 0) is 5.75 Å². The summed E-state index contributed by atoms with van der Waals surface area (Å²) in [5.41, 5.74) is 0.917. The van der Waals surface area contributed by atoms with Gasteiger partial charge in [0.25, 0.3) is 0 Å². The molecule has 0 N–H and O–H groups in total. The minimum atomic E-state index is -0.498. The van der Waals surface area contributed by atoms with Crippen molar-refractivity contribution in [1.29, 1.82) is 5.26 Å². The van der Waals surface area contributed by atoms with Crippen molar-refractivity contribution in [2.75, 3.05) is 0 Å². The maximum atomic E-state index is 13.1. The third-order valence-corrected chi connectivity index (χ3v) is 3.74. The fraction of sp³-hybridized carbons (Fsp3) is 0.0769. The van der Waals surface area contributed by atoms with Gasteiger partial charge < -0.3 is 0 Å². The van der Waals surface area contributed by atoms with E-state index in [9.17, 15) is 4.39 Å².